The van der Waals surface area contributed by atoms with Crippen LogP contribution in [0.25, 0.3) is 0 Å². The number of likely N-dealkylation sites (tertiary alicyclic amines) is 1. The molecule has 8 heteroatoms. The summed E-state index contributed by atoms with van der Waals surface area (Å²) in [5.74, 6) is 0.275. The summed E-state index contributed by atoms with van der Waals surface area (Å²) in [5.41, 5.74) is 6.09. The Morgan fingerprint density at radius 3 is 2.88 bits per heavy atom. The van der Waals surface area contributed by atoms with E-state index in [1.807, 2.05) is 6.07 Å². The number of hydrogen-bond acceptors (Lipinski definition) is 4. The number of nitriles is 1. The zero-order valence-corrected chi connectivity index (χ0v) is 10.4. The molecule has 1 saturated heterocycles. The minimum Gasteiger partial charge on any atom is -0.465 e. The highest BCUT2D eigenvalue weighted by Gasteiger charge is 2.30. The average Bonchev–Trinajstić information content (AvgIpc) is 2.84. The third kappa shape index (κ3) is 1.93. The molecule has 90 valence electrons. The maximum absolute atomic E-state index is 10.8. The highest BCUT2D eigenvalue weighted by atomic mass is 79.9. The van der Waals surface area contributed by atoms with Gasteiger partial charge < -0.3 is 15.7 Å². The molecule has 0 bridgehead atoms. The standard InChI is InChI=1S/C9H10BrN5O2/c10-7-6(3-11)8(12)15(13-7)5-1-2-14(4-5)9(16)17/h5H,1-2,4,12H2,(H,16,17)/t5-/m0/s1. The number of rotatable bonds is 1. The molecule has 3 N–H and O–H groups in total. The number of anilines is 1. The van der Waals surface area contributed by atoms with Crippen LogP contribution in [0.3, 0.4) is 0 Å². The minimum atomic E-state index is -0.946. The highest BCUT2D eigenvalue weighted by molar-refractivity contribution is 9.10. The first-order chi connectivity index (χ1) is 8.04. The average molecular weight is 300 g/mol. The van der Waals surface area contributed by atoms with Gasteiger partial charge in [-0.25, -0.2) is 9.48 Å². The van der Waals surface area contributed by atoms with Crippen molar-refractivity contribution in [2.45, 2.75) is 12.5 Å². The van der Waals surface area contributed by atoms with Gasteiger partial charge in [0, 0.05) is 13.1 Å². The number of halogens is 1. The smallest absolute Gasteiger partial charge is 0.407 e. The van der Waals surface area contributed by atoms with E-state index < -0.39 is 6.09 Å². The van der Waals surface area contributed by atoms with E-state index >= 15 is 0 Å². The van der Waals surface area contributed by atoms with Crippen LogP contribution < -0.4 is 5.73 Å². The lowest BCUT2D eigenvalue weighted by Crippen LogP contribution is -2.27. The van der Waals surface area contributed by atoms with Gasteiger partial charge in [0.1, 0.15) is 22.1 Å². The Labute approximate surface area is 106 Å². The summed E-state index contributed by atoms with van der Waals surface area (Å²) < 4.78 is 1.91. The molecule has 1 aliphatic heterocycles. The van der Waals surface area contributed by atoms with Crippen molar-refractivity contribution in [3.05, 3.63) is 10.2 Å². The van der Waals surface area contributed by atoms with Gasteiger partial charge in [0.15, 0.2) is 0 Å². The Balaban J connectivity index is 2.26. The van der Waals surface area contributed by atoms with Gasteiger partial charge in [-0.05, 0) is 22.4 Å². The highest BCUT2D eigenvalue weighted by Crippen LogP contribution is 2.28. The molecule has 1 atom stereocenters. The van der Waals surface area contributed by atoms with Crippen LogP contribution in [0.15, 0.2) is 4.60 Å². The van der Waals surface area contributed by atoms with Gasteiger partial charge in [0.25, 0.3) is 0 Å². The fourth-order valence-corrected chi connectivity index (χ4v) is 2.38. The molecule has 0 saturated carbocycles. The number of hydrogen-bond donors (Lipinski definition) is 2. The zero-order valence-electron chi connectivity index (χ0n) is 8.80. The largest absolute Gasteiger partial charge is 0.465 e. The minimum absolute atomic E-state index is 0.107. The molecule has 1 aliphatic rings. The fourth-order valence-electron chi connectivity index (χ4n) is 1.92. The van der Waals surface area contributed by atoms with Gasteiger partial charge in [-0.1, -0.05) is 0 Å². The lowest BCUT2D eigenvalue weighted by atomic mass is 10.2. The molecule has 17 heavy (non-hydrogen) atoms. The quantitative estimate of drug-likeness (QED) is 0.805. The van der Waals surface area contributed by atoms with Crippen molar-refractivity contribution < 1.29 is 9.90 Å². The van der Waals surface area contributed by atoms with Crippen LogP contribution in [0.2, 0.25) is 0 Å². The maximum atomic E-state index is 10.8. The number of carbonyl (C=O) groups is 1. The molecule has 2 heterocycles. The first kappa shape index (κ1) is 11.7. The number of nitrogen functional groups attached to an aromatic ring is 1. The van der Waals surface area contributed by atoms with Crippen LogP contribution in [0.4, 0.5) is 10.6 Å². The summed E-state index contributed by atoms with van der Waals surface area (Å²) in [6.45, 7) is 0.803. The molecular weight excluding hydrogens is 290 g/mol. The van der Waals surface area contributed by atoms with E-state index in [0.717, 1.165) is 0 Å². The Morgan fingerprint density at radius 2 is 2.41 bits per heavy atom. The molecule has 0 unspecified atom stereocenters. The monoisotopic (exact) mass is 299 g/mol. The maximum Gasteiger partial charge on any atom is 0.407 e. The van der Waals surface area contributed by atoms with Crippen molar-refractivity contribution in [3.63, 3.8) is 0 Å². The van der Waals surface area contributed by atoms with Gasteiger partial charge in [0.05, 0.1) is 6.04 Å². The van der Waals surface area contributed by atoms with Crippen molar-refractivity contribution in [1.82, 2.24) is 14.7 Å². The normalized spacial score (nSPS) is 19.3. The summed E-state index contributed by atoms with van der Waals surface area (Å²) in [6.07, 6.45) is -0.298. The third-order valence-electron chi connectivity index (χ3n) is 2.80. The van der Waals surface area contributed by atoms with Crippen molar-refractivity contribution in [3.8, 4) is 6.07 Å². The number of nitrogens with two attached hydrogens (primary N) is 1. The molecule has 7 nitrogen and oxygen atoms in total. The van der Waals surface area contributed by atoms with Crippen LogP contribution in [0.1, 0.15) is 18.0 Å². The number of nitrogens with zero attached hydrogens (tertiary/aromatic N) is 4. The van der Waals surface area contributed by atoms with Crippen molar-refractivity contribution in [2.24, 2.45) is 0 Å². The SMILES string of the molecule is N#Cc1c(Br)nn([C@H]2CCN(C(=O)O)C2)c1N. The van der Waals surface area contributed by atoms with Crippen LogP contribution in [0, 0.1) is 11.3 Å². The van der Waals surface area contributed by atoms with Crippen LogP contribution in [0.5, 0.6) is 0 Å². The Kier molecular flexibility index (Phi) is 2.93. The summed E-state index contributed by atoms with van der Waals surface area (Å²) in [6, 6.07) is 1.85. The molecule has 0 spiro atoms. The molecule has 0 radical (unpaired) electrons. The molecule has 0 aliphatic carbocycles. The predicted molar refractivity (Wildman–Crippen MR) is 62.3 cm³/mol. The van der Waals surface area contributed by atoms with E-state index in [1.54, 1.807) is 0 Å². The van der Waals surface area contributed by atoms with Crippen molar-refractivity contribution >= 4 is 27.8 Å². The van der Waals surface area contributed by atoms with E-state index in [9.17, 15) is 4.79 Å². The van der Waals surface area contributed by atoms with Crippen LogP contribution in [-0.4, -0.2) is 39.0 Å². The van der Waals surface area contributed by atoms with Gasteiger partial charge >= 0.3 is 6.09 Å². The molecule has 1 fully saturated rings. The fraction of sp³-hybridized carbons (Fsp3) is 0.444. The Bertz CT molecular complexity index is 506. The first-order valence-corrected chi connectivity index (χ1v) is 5.75. The van der Waals surface area contributed by atoms with E-state index in [-0.39, 0.29) is 11.9 Å². The summed E-state index contributed by atoms with van der Waals surface area (Å²) in [5, 5.41) is 21.9. The van der Waals surface area contributed by atoms with Gasteiger partial charge in [-0.2, -0.15) is 10.4 Å². The third-order valence-corrected chi connectivity index (χ3v) is 3.35. The lowest BCUT2D eigenvalue weighted by Gasteiger charge is -2.13. The van der Waals surface area contributed by atoms with Crippen LogP contribution >= 0.6 is 15.9 Å². The first-order valence-electron chi connectivity index (χ1n) is 4.96. The Morgan fingerprint density at radius 1 is 1.71 bits per heavy atom. The zero-order chi connectivity index (χ0) is 12.6. The number of carboxylic acid groups (broad SMARTS) is 1. The molecule has 0 aromatic carbocycles. The second-order valence-electron chi connectivity index (χ2n) is 3.78. The number of amides is 1. The lowest BCUT2D eigenvalue weighted by molar-refractivity contribution is 0.154. The van der Waals surface area contributed by atoms with E-state index in [2.05, 4.69) is 21.0 Å². The van der Waals surface area contributed by atoms with Crippen molar-refractivity contribution in [2.75, 3.05) is 18.8 Å². The second-order valence-corrected chi connectivity index (χ2v) is 4.53. The predicted octanol–water partition coefficient (Wildman–Crippen LogP) is 1.02. The van der Waals surface area contributed by atoms with E-state index in [1.165, 1.54) is 9.58 Å². The van der Waals surface area contributed by atoms with Gasteiger partial charge in [0.2, 0.25) is 0 Å². The number of aromatic nitrogens is 2. The van der Waals surface area contributed by atoms with Crippen LogP contribution in [-0.2, 0) is 0 Å². The molecule has 1 aromatic heterocycles. The summed E-state index contributed by atoms with van der Waals surface area (Å²) >= 11 is 3.15. The van der Waals surface area contributed by atoms with Gasteiger partial charge in [-0.15, -0.1) is 0 Å². The topological polar surface area (TPSA) is 108 Å². The van der Waals surface area contributed by atoms with Gasteiger partial charge in [-0.3, -0.25) is 0 Å². The summed E-state index contributed by atoms with van der Waals surface area (Å²) in [4.78, 5) is 12.1. The van der Waals surface area contributed by atoms with E-state index in [4.69, 9.17) is 16.1 Å². The second kappa shape index (κ2) is 4.25. The molecule has 2 rings (SSSR count). The summed E-state index contributed by atoms with van der Waals surface area (Å²) in [7, 11) is 0. The Hall–Kier alpha value is -1.75. The molecule has 1 amide bonds. The van der Waals surface area contributed by atoms with Crippen molar-refractivity contribution in [1.29, 1.82) is 5.26 Å². The van der Waals surface area contributed by atoms with E-state index in [0.29, 0.717) is 29.7 Å². The molecule has 1 aromatic rings. The molecular formula is C9H10BrN5O2.